The SMILES string of the molecule is CC(=O)NC1CC1N1C=CCC(c2cc(Cc3ccccc3)n(C3CCCCC3)n2)=C1. The first kappa shape index (κ1) is 20.1. The van der Waals surface area contributed by atoms with Crippen molar-refractivity contribution in [3.8, 4) is 0 Å². The van der Waals surface area contributed by atoms with E-state index in [0.717, 1.165) is 25.0 Å². The van der Waals surface area contributed by atoms with Gasteiger partial charge in [0.2, 0.25) is 5.91 Å². The fourth-order valence-corrected chi connectivity index (χ4v) is 5.05. The first-order valence-corrected chi connectivity index (χ1v) is 11.7. The molecule has 2 aliphatic carbocycles. The van der Waals surface area contributed by atoms with Gasteiger partial charge in [0, 0.05) is 31.4 Å². The molecule has 2 heterocycles. The minimum Gasteiger partial charge on any atom is -0.351 e. The molecule has 2 saturated carbocycles. The Morgan fingerprint density at radius 3 is 2.74 bits per heavy atom. The number of hydrogen-bond donors (Lipinski definition) is 1. The molecule has 2 aromatic rings. The molecule has 3 aliphatic rings. The molecule has 1 N–H and O–H groups in total. The van der Waals surface area contributed by atoms with Crippen LogP contribution in [0.2, 0.25) is 0 Å². The van der Waals surface area contributed by atoms with Crippen molar-refractivity contribution in [2.75, 3.05) is 0 Å². The molecule has 31 heavy (non-hydrogen) atoms. The van der Waals surface area contributed by atoms with E-state index >= 15 is 0 Å². The van der Waals surface area contributed by atoms with Crippen LogP contribution in [-0.4, -0.2) is 32.7 Å². The molecule has 1 aromatic heterocycles. The van der Waals surface area contributed by atoms with Crippen LogP contribution in [0.15, 0.2) is 54.9 Å². The lowest BCUT2D eigenvalue weighted by molar-refractivity contribution is -0.119. The standard InChI is InChI=1S/C26H32N4O/c1-19(31)27-25-17-26(25)29-14-8-11-21(18-29)24-16-23(15-20-9-4-2-5-10-20)30(28-24)22-12-6-3-7-13-22/h2,4-5,8-10,14,16,18,22,25-26H,3,6-7,11-13,15,17H2,1H3,(H,27,31). The van der Waals surface area contributed by atoms with Crippen molar-refractivity contribution in [1.82, 2.24) is 20.0 Å². The van der Waals surface area contributed by atoms with E-state index in [2.05, 4.69) is 69.8 Å². The number of nitrogens with one attached hydrogen (secondary N) is 1. The first-order valence-electron chi connectivity index (χ1n) is 11.7. The Morgan fingerprint density at radius 2 is 1.97 bits per heavy atom. The predicted molar refractivity (Wildman–Crippen MR) is 123 cm³/mol. The highest BCUT2D eigenvalue weighted by molar-refractivity contribution is 5.74. The van der Waals surface area contributed by atoms with E-state index in [0.29, 0.717) is 12.1 Å². The monoisotopic (exact) mass is 416 g/mol. The van der Waals surface area contributed by atoms with Gasteiger partial charge in [-0.05, 0) is 42.9 Å². The summed E-state index contributed by atoms with van der Waals surface area (Å²) in [7, 11) is 0. The van der Waals surface area contributed by atoms with Crippen LogP contribution in [0, 0.1) is 0 Å². The molecule has 2 fully saturated rings. The lowest BCUT2D eigenvalue weighted by atomic mass is 9.95. The van der Waals surface area contributed by atoms with Gasteiger partial charge in [0.25, 0.3) is 0 Å². The molecule has 1 aliphatic heterocycles. The van der Waals surface area contributed by atoms with Gasteiger partial charge in [0.1, 0.15) is 0 Å². The van der Waals surface area contributed by atoms with Gasteiger partial charge in [-0.25, -0.2) is 0 Å². The second kappa shape index (κ2) is 8.74. The van der Waals surface area contributed by atoms with E-state index in [-0.39, 0.29) is 11.9 Å². The zero-order chi connectivity index (χ0) is 21.2. The summed E-state index contributed by atoms with van der Waals surface area (Å²) in [5.41, 5.74) is 5.02. The average molecular weight is 417 g/mol. The van der Waals surface area contributed by atoms with Gasteiger partial charge in [0.05, 0.1) is 23.8 Å². The molecule has 0 radical (unpaired) electrons. The number of carbonyl (C=O) groups excluding carboxylic acids is 1. The van der Waals surface area contributed by atoms with Crippen LogP contribution >= 0.6 is 0 Å². The molecular formula is C26H32N4O. The van der Waals surface area contributed by atoms with E-state index in [4.69, 9.17) is 5.10 Å². The molecule has 1 aromatic carbocycles. The Morgan fingerprint density at radius 1 is 1.16 bits per heavy atom. The van der Waals surface area contributed by atoms with Crippen LogP contribution in [0.25, 0.3) is 5.57 Å². The highest BCUT2D eigenvalue weighted by Gasteiger charge is 2.41. The second-order valence-electron chi connectivity index (χ2n) is 9.22. The van der Waals surface area contributed by atoms with Crippen molar-refractivity contribution in [2.45, 2.75) is 76.4 Å². The quantitative estimate of drug-likeness (QED) is 0.735. The van der Waals surface area contributed by atoms with Crippen molar-refractivity contribution in [3.63, 3.8) is 0 Å². The smallest absolute Gasteiger partial charge is 0.217 e. The first-order chi connectivity index (χ1) is 15.2. The van der Waals surface area contributed by atoms with Gasteiger partial charge in [-0.1, -0.05) is 55.7 Å². The largest absolute Gasteiger partial charge is 0.351 e. The maximum atomic E-state index is 11.4. The van der Waals surface area contributed by atoms with Gasteiger partial charge in [-0.2, -0.15) is 5.10 Å². The van der Waals surface area contributed by atoms with Crippen LogP contribution in [0.5, 0.6) is 0 Å². The molecule has 1 amide bonds. The van der Waals surface area contributed by atoms with Crippen molar-refractivity contribution in [1.29, 1.82) is 0 Å². The summed E-state index contributed by atoms with van der Waals surface area (Å²) in [6.07, 6.45) is 15.9. The fraction of sp³-hybridized carbons (Fsp3) is 0.462. The highest BCUT2D eigenvalue weighted by Crippen LogP contribution is 2.35. The number of hydrogen-bond acceptors (Lipinski definition) is 3. The molecule has 162 valence electrons. The maximum Gasteiger partial charge on any atom is 0.217 e. The van der Waals surface area contributed by atoms with Crippen molar-refractivity contribution in [2.24, 2.45) is 0 Å². The third-order valence-corrected chi connectivity index (χ3v) is 6.74. The minimum atomic E-state index is 0.0504. The summed E-state index contributed by atoms with van der Waals surface area (Å²) in [5.74, 6) is 0.0504. The van der Waals surface area contributed by atoms with E-state index in [1.54, 1.807) is 6.92 Å². The zero-order valence-electron chi connectivity index (χ0n) is 18.3. The fourth-order valence-electron chi connectivity index (χ4n) is 5.05. The van der Waals surface area contributed by atoms with Crippen LogP contribution < -0.4 is 5.32 Å². The van der Waals surface area contributed by atoms with Gasteiger partial charge in [0.15, 0.2) is 0 Å². The van der Waals surface area contributed by atoms with E-state index in [1.165, 1.54) is 48.9 Å². The molecule has 0 spiro atoms. The highest BCUT2D eigenvalue weighted by atomic mass is 16.1. The predicted octanol–water partition coefficient (Wildman–Crippen LogP) is 4.82. The van der Waals surface area contributed by atoms with Crippen LogP contribution in [0.3, 0.4) is 0 Å². The third-order valence-electron chi connectivity index (χ3n) is 6.74. The van der Waals surface area contributed by atoms with Crippen LogP contribution in [0.4, 0.5) is 0 Å². The Hall–Kier alpha value is -2.82. The summed E-state index contributed by atoms with van der Waals surface area (Å²) in [5, 5.41) is 8.19. The number of allylic oxidation sites excluding steroid dienone is 2. The number of aromatic nitrogens is 2. The van der Waals surface area contributed by atoms with Gasteiger partial charge in [-0.15, -0.1) is 0 Å². The summed E-state index contributed by atoms with van der Waals surface area (Å²) in [4.78, 5) is 13.6. The minimum absolute atomic E-state index is 0.0504. The molecule has 2 unspecified atom stereocenters. The second-order valence-corrected chi connectivity index (χ2v) is 9.22. The Balaban J connectivity index is 1.40. The molecule has 0 bridgehead atoms. The van der Waals surface area contributed by atoms with Crippen LogP contribution in [-0.2, 0) is 11.2 Å². The van der Waals surface area contributed by atoms with Gasteiger partial charge in [-0.3, -0.25) is 9.48 Å². The van der Waals surface area contributed by atoms with Gasteiger partial charge < -0.3 is 10.2 Å². The Kier molecular flexibility index (Phi) is 5.66. The number of rotatable bonds is 6. The zero-order valence-corrected chi connectivity index (χ0v) is 18.3. The van der Waals surface area contributed by atoms with Crippen molar-refractivity contribution >= 4 is 11.5 Å². The van der Waals surface area contributed by atoms with Crippen molar-refractivity contribution < 1.29 is 4.79 Å². The average Bonchev–Trinajstić information content (AvgIpc) is 3.43. The van der Waals surface area contributed by atoms with E-state index in [9.17, 15) is 4.79 Å². The summed E-state index contributed by atoms with van der Waals surface area (Å²) in [6.45, 7) is 1.59. The Labute approximate surface area is 184 Å². The van der Waals surface area contributed by atoms with Crippen molar-refractivity contribution in [3.05, 3.63) is 71.8 Å². The lowest BCUT2D eigenvalue weighted by Crippen LogP contribution is -2.29. The Bertz CT molecular complexity index is 984. The number of nitrogens with zero attached hydrogens (tertiary/aromatic N) is 3. The molecule has 5 rings (SSSR count). The third kappa shape index (κ3) is 4.60. The molecule has 5 heteroatoms. The molecule has 2 atom stereocenters. The summed E-state index contributed by atoms with van der Waals surface area (Å²) < 4.78 is 2.34. The van der Waals surface area contributed by atoms with E-state index < -0.39 is 0 Å². The topological polar surface area (TPSA) is 50.2 Å². The van der Waals surface area contributed by atoms with Crippen LogP contribution in [0.1, 0.15) is 74.9 Å². The number of benzene rings is 1. The number of carbonyl (C=O) groups is 1. The normalized spacial score (nSPS) is 23.5. The van der Waals surface area contributed by atoms with E-state index in [1.807, 2.05) is 0 Å². The summed E-state index contributed by atoms with van der Waals surface area (Å²) in [6, 6.07) is 14.2. The number of amides is 1. The summed E-state index contributed by atoms with van der Waals surface area (Å²) >= 11 is 0. The molecule has 5 nitrogen and oxygen atoms in total. The lowest BCUT2D eigenvalue weighted by Gasteiger charge is -2.24. The van der Waals surface area contributed by atoms with Gasteiger partial charge >= 0.3 is 0 Å². The molecule has 0 saturated heterocycles. The molecular weight excluding hydrogens is 384 g/mol. The maximum absolute atomic E-state index is 11.4.